The van der Waals surface area contributed by atoms with Gasteiger partial charge in [0.05, 0.1) is 11.4 Å². The van der Waals surface area contributed by atoms with E-state index in [1.807, 2.05) is 56.3 Å². The molecule has 3 rings (SSSR count). The highest BCUT2D eigenvalue weighted by Gasteiger charge is 2.09. The highest BCUT2D eigenvalue weighted by molar-refractivity contribution is 5.38. The van der Waals surface area contributed by atoms with E-state index in [2.05, 4.69) is 0 Å². The van der Waals surface area contributed by atoms with Gasteiger partial charge >= 0.3 is 5.69 Å². The molecule has 1 aromatic heterocycles. The van der Waals surface area contributed by atoms with Crippen LogP contribution < -0.4 is 11.2 Å². The van der Waals surface area contributed by atoms with Crippen molar-refractivity contribution in [2.75, 3.05) is 0 Å². The van der Waals surface area contributed by atoms with Crippen molar-refractivity contribution in [3.05, 3.63) is 92.8 Å². The number of rotatable bonds is 2. The summed E-state index contributed by atoms with van der Waals surface area (Å²) in [7, 11) is 0. The minimum absolute atomic E-state index is 0.334. The summed E-state index contributed by atoms with van der Waals surface area (Å²) in [6.45, 7) is 3.89. The summed E-state index contributed by atoms with van der Waals surface area (Å²) in [5.41, 5.74) is 2.67. The smallest absolute Gasteiger partial charge is 0.269 e. The normalized spacial score (nSPS) is 10.6. The van der Waals surface area contributed by atoms with Crippen LogP contribution in [0.1, 0.15) is 11.1 Å². The summed E-state index contributed by atoms with van der Waals surface area (Å²) in [5.74, 6) is 0. The lowest BCUT2D eigenvalue weighted by molar-refractivity contribution is 0.801. The Hall–Kier alpha value is -2.88. The first-order valence-corrected chi connectivity index (χ1v) is 7.05. The van der Waals surface area contributed by atoms with Crippen LogP contribution in [0, 0.1) is 13.8 Å². The van der Waals surface area contributed by atoms with Gasteiger partial charge in [-0.2, -0.15) is 0 Å². The molecule has 0 bridgehead atoms. The van der Waals surface area contributed by atoms with Crippen molar-refractivity contribution in [2.24, 2.45) is 0 Å². The molecule has 0 aliphatic carbocycles. The summed E-state index contributed by atoms with van der Waals surface area (Å²) in [6, 6.07) is 16.4. The van der Waals surface area contributed by atoms with Crippen LogP contribution in [0.2, 0.25) is 0 Å². The molecule has 0 atom stereocenters. The average Bonchev–Trinajstić information content (AvgIpc) is 2.47. The van der Waals surface area contributed by atoms with E-state index < -0.39 is 0 Å². The van der Waals surface area contributed by atoms with Crippen LogP contribution in [0.25, 0.3) is 11.4 Å². The lowest BCUT2D eigenvalue weighted by Crippen LogP contribution is -2.37. The second-order valence-electron chi connectivity index (χ2n) is 5.32. The van der Waals surface area contributed by atoms with Crippen molar-refractivity contribution in [1.82, 2.24) is 9.13 Å². The minimum Gasteiger partial charge on any atom is -0.269 e. The summed E-state index contributed by atoms with van der Waals surface area (Å²) < 4.78 is 2.67. The molecule has 2 aromatic carbocycles. The molecule has 22 heavy (non-hydrogen) atoms. The van der Waals surface area contributed by atoms with Gasteiger partial charge in [-0.3, -0.25) is 9.36 Å². The third-order valence-corrected chi connectivity index (χ3v) is 3.52. The van der Waals surface area contributed by atoms with Crippen LogP contribution in [0.3, 0.4) is 0 Å². The van der Waals surface area contributed by atoms with E-state index in [9.17, 15) is 9.59 Å². The van der Waals surface area contributed by atoms with Gasteiger partial charge in [0.25, 0.3) is 5.56 Å². The molecule has 0 amide bonds. The zero-order valence-corrected chi connectivity index (χ0v) is 12.5. The van der Waals surface area contributed by atoms with Gasteiger partial charge in [-0.05, 0) is 49.2 Å². The van der Waals surface area contributed by atoms with E-state index in [1.54, 1.807) is 6.07 Å². The second kappa shape index (κ2) is 5.48. The largest absolute Gasteiger partial charge is 0.340 e. The van der Waals surface area contributed by atoms with Gasteiger partial charge in [0, 0.05) is 12.3 Å². The first kappa shape index (κ1) is 14.1. The number of aromatic nitrogens is 2. The Balaban J connectivity index is 2.27. The van der Waals surface area contributed by atoms with Crippen LogP contribution in [-0.2, 0) is 0 Å². The Morgan fingerprint density at radius 1 is 0.773 bits per heavy atom. The fourth-order valence-corrected chi connectivity index (χ4v) is 2.46. The van der Waals surface area contributed by atoms with Crippen molar-refractivity contribution in [3.63, 3.8) is 0 Å². The van der Waals surface area contributed by atoms with Crippen molar-refractivity contribution in [2.45, 2.75) is 13.8 Å². The molecule has 0 N–H and O–H groups in total. The van der Waals surface area contributed by atoms with Gasteiger partial charge < -0.3 is 0 Å². The molecule has 0 fully saturated rings. The average molecular weight is 292 g/mol. The van der Waals surface area contributed by atoms with Crippen LogP contribution in [0.5, 0.6) is 0 Å². The van der Waals surface area contributed by atoms with Crippen molar-refractivity contribution < 1.29 is 0 Å². The summed E-state index contributed by atoms with van der Waals surface area (Å²) in [4.78, 5) is 24.9. The van der Waals surface area contributed by atoms with E-state index in [1.165, 1.54) is 21.4 Å². The maximum atomic E-state index is 12.7. The Bertz CT molecular complexity index is 952. The quantitative estimate of drug-likeness (QED) is 0.728. The number of hydrogen-bond acceptors (Lipinski definition) is 2. The molecule has 0 unspecified atom stereocenters. The number of aryl methyl sites for hydroxylation is 2. The van der Waals surface area contributed by atoms with E-state index in [0.717, 1.165) is 16.8 Å². The zero-order chi connectivity index (χ0) is 15.7. The SMILES string of the molecule is Cc1cccc(-n2ccc(=O)n(-c3cccc(C)c3)c2=O)c1. The highest BCUT2D eigenvalue weighted by Crippen LogP contribution is 2.09. The molecule has 0 saturated heterocycles. The summed E-state index contributed by atoms with van der Waals surface area (Å²) in [5, 5.41) is 0. The third-order valence-electron chi connectivity index (χ3n) is 3.52. The molecule has 4 heteroatoms. The van der Waals surface area contributed by atoms with E-state index in [0.29, 0.717) is 5.69 Å². The highest BCUT2D eigenvalue weighted by atomic mass is 16.2. The van der Waals surface area contributed by atoms with Gasteiger partial charge in [0.15, 0.2) is 0 Å². The van der Waals surface area contributed by atoms with Crippen LogP contribution in [-0.4, -0.2) is 9.13 Å². The van der Waals surface area contributed by atoms with E-state index in [-0.39, 0.29) is 11.2 Å². The molecule has 0 aliphatic rings. The first-order valence-electron chi connectivity index (χ1n) is 7.05. The molecule has 0 saturated carbocycles. The maximum absolute atomic E-state index is 12.7. The van der Waals surface area contributed by atoms with Crippen LogP contribution in [0.15, 0.2) is 70.4 Å². The Kier molecular flexibility index (Phi) is 3.51. The molecule has 0 aliphatic heterocycles. The summed E-state index contributed by atoms with van der Waals surface area (Å²) in [6.07, 6.45) is 1.52. The number of nitrogens with zero attached hydrogens (tertiary/aromatic N) is 2. The minimum atomic E-state index is -0.372. The molecule has 110 valence electrons. The van der Waals surface area contributed by atoms with Gasteiger partial charge in [-0.25, -0.2) is 9.36 Å². The molecule has 1 heterocycles. The molecular weight excluding hydrogens is 276 g/mol. The van der Waals surface area contributed by atoms with Crippen LogP contribution >= 0.6 is 0 Å². The number of benzene rings is 2. The second-order valence-corrected chi connectivity index (χ2v) is 5.32. The fourth-order valence-electron chi connectivity index (χ4n) is 2.46. The summed E-state index contributed by atoms with van der Waals surface area (Å²) >= 11 is 0. The standard InChI is InChI=1S/C18H16N2O2/c1-13-5-3-7-15(11-13)19-10-9-17(21)20(18(19)22)16-8-4-6-14(2)12-16/h3-12H,1-2H3. The van der Waals surface area contributed by atoms with Crippen molar-refractivity contribution >= 4 is 0 Å². The maximum Gasteiger partial charge on any atom is 0.340 e. The third kappa shape index (κ3) is 2.51. The van der Waals surface area contributed by atoms with Gasteiger partial charge in [0.2, 0.25) is 0 Å². The van der Waals surface area contributed by atoms with Crippen LogP contribution in [0.4, 0.5) is 0 Å². The van der Waals surface area contributed by atoms with E-state index in [4.69, 9.17) is 0 Å². The monoisotopic (exact) mass is 292 g/mol. The predicted octanol–water partition coefficient (Wildman–Crippen LogP) is 2.61. The lowest BCUT2D eigenvalue weighted by atomic mass is 10.2. The molecule has 3 aromatic rings. The molecular formula is C18H16N2O2. The van der Waals surface area contributed by atoms with Gasteiger partial charge in [0.1, 0.15) is 0 Å². The van der Waals surface area contributed by atoms with Crippen molar-refractivity contribution in [3.8, 4) is 11.4 Å². The molecule has 4 nitrogen and oxygen atoms in total. The lowest BCUT2D eigenvalue weighted by Gasteiger charge is -2.11. The Morgan fingerprint density at radius 3 is 2.00 bits per heavy atom. The molecule has 0 radical (unpaired) electrons. The fraction of sp³-hybridized carbons (Fsp3) is 0.111. The van der Waals surface area contributed by atoms with E-state index >= 15 is 0 Å². The number of hydrogen-bond donors (Lipinski definition) is 0. The topological polar surface area (TPSA) is 44.0 Å². The van der Waals surface area contributed by atoms with Gasteiger partial charge in [-0.1, -0.05) is 24.3 Å². The van der Waals surface area contributed by atoms with Gasteiger partial charge in [-0.15, -0.1) is 0 Å². The molecule has 0 spiro atoms. The Morgan fingerprint density at radius 2 is 1.36 bits per heavy atom. The zero-order valence-electron chi connectivity index (χ0n) is 12.5. The predicted molar refractivity (Wildman–Crippen MR) is 87.1 cm³/mol. The first-order chi connectivity index (χ1) is 10.6. The van der Waals surface area contributed by atoms with Crippen molar-refractivity contribution in [1.29, 1.82) is 0 Å². The Labute approximate surface area is 127 Å².